The third-order valence-electron chi connectivity index (χ3n) is 5.17. The van der Waals surface area contributed by atoms with Gasteiger partial charge in [-0.1, -0.05) is 76.7 Å². The predicted molar refractivity (Wildman–Crippen MR) is 124 cm³/mol. The summed E-state index contributed by atoms with van der Waals surface area (Å²) in [5, 5.41) is 14.4. The van der Waals surface area contributed by atoms with Gasteiger partial charge in [0, 0.05) is 23.9 Å². The first kappa shape index (κ1) is 22.7. The molecule has 0 heterocycles. The fraction of sp³-hybridized carbons (Fsp3) is 0.440. The first-order valence-electron chi connectivity index (χ1n) is 10.9. The van der Waals surface area contributed by atoms with E-state index < -0.39 is 0 Å². The van der Waals surface area contributed by atoms with E-state index in [2.05, 4.69) is 43.4 Å². The molecule has 4 heteroatoms. The average Bonchev–Trinajstić information content (AvgIpc) is 2.74. The molecule has 29 heavy (non-hydrogen) atoms. The summed E-state index contributed by atoms with van der Waals surface area (Å²) < 4.78 is 0. The number of rotatable bonds is 13. The summed E-state index contributed by atoms with van der Waals surface area (Å²) in [7, 11) is 0. The second kappa shape index (κ2) is 12.8. The van der Waals surface area contributed by atoms with Crippen molar-refractivity contribution in [3.8, 4) is 0 Å². The van der Waals surface area contributed by atoms with Crippen molar-refractivity contribution in [3.05, 3.63) is 69.8 Å². The molecule has 0 saturated carbocycles. The summed E-state index contributed by atoms with van der Waals surface area (Å²) in [6.07, 6.45) is 14.2. The molecule has 0 bridgehead atoms. The largest absolute Gasteiger partial charge is 0.382 e. The molecule has 0 aliphatic heterocycles. The summed E-state index contributed by atoms with van der Waals surface area (Å²) in [4.78, 5) is 10.3. The number of nitrogens with one attached hydrogen (secondary N) is 1. The molecule has 0 aliphatic rings. The second-order valence-electron chi connectivity index (χ2n) is 7.64. The molecule has 0 aliphatic carbocycles. The van der Waals surface area contributed by atoms with Gasteiger partial charge in [-0.3, -0.25) is 10.1 Å². The number of benzene rings is 2. The Kier molecular flexibility index (Phi) is 9.98. The smallest absolute Gasteiger partial charge is 0.269 e. The third-order valence-corrected chi connectivity index (χ3v) is 5.17. The number of nitro groups is 1. The van der Waals surface area contributed by atoms with Gasteiger partial charge < -0.3 is 5.32 Å². The molecule has 0 radical (unpaired) electrons. The summed E-state index contributed by atoms with van der Waals surface area (Å²) in [6, 6.07) is 15.6. The van der Waals surface area contributed by atoms with Crippen molar-refractivity contribution < 1.29 is 4.92 Å². The van der Waals surface area contributed by atoms with Crippen LogP contribution in [-0.2, 0) is 0 Å². The van der Waals surface area contributed by atoms with Crippen LogP contribution in [0, 0.1) is 10.1 Å². The Bertz CT molecular complexity index is 751. The fourth-order valence-corrected chi connectivity index (χ4v) is 3.38. The molecule has 1 atom stereocenters. The molecular formula is C25H34N2O2. The zero-order valence-corrected chi connectivity index (χ0v) is 17.8. The lowest BCUT2D eigenvalue weighted by Crippen LogP contribution is -2.19. The van der Waals surface area contributed by atoms with E-state index in [0.717, 1.165) is 11.1 Å². The van der Waals surface area contributed by atoms with Gasteiger partial charge in [-0.2, -0.15) is 0 Å². The number of hydrogen-bond donors (Lipinski definition) is 1. The van der Waals surface area contributed by atoms with E-state index in [1.807, 2.05) is 12.2 Å². The van der Waals surface area contributed by atoms with Crippen molar-refractivity contribution in [3.63, 3.8) is 0 Å². The van der Waals surface area contributed by atoms with Gasteiger partial charge in [0.1, 0.15) is 0 Å². The van der Waals surface area contributed by atoms with Crippen LogP contribution in [-0.4, -0.2) is 11.0 Å². The molecule has 1 unspecified atom stereocenters. The summed E-state index contributed by atoms with van der Waals surface area (Å²) in [5.74, 6) is 0. The standard InChI is InChI=1S/C25H34N2O2/c1-3-5-7-8-10-23(9-6-4-2)26-24-17-13-21(14-18-24)11-12-22-15-19-25(20-16-22)27(28)29/h11-20,23,26H,3-10H2,1-2H3/b12-11+. The zero-order chi connectivity index (χ0) is 20.9. The van der Waals surface area contributed by atoms with Gasteiger partial charge in [-0.15, -0.1) is 0 Å². The molecular weight excluding hydrogens is 360 g/mol. The average molecular weight is 395 g/mol. The van der Waals surface area contributed by atoms with Crippen molar-refractivity contribution in [2.24, 2.45) is 0 Å². The molecule has 2 rings (SSSR count). The van der Waals surface area contributed by atoms with Gasteiger partial charge in [0.05, 0.1) is 4.92 Å². The van der Waals surface area contributed by atoms with Gasteiger partial charge in [0.25, 0.3) is 5.69 Å². The van der Waals surface area contributed by atoms with E-state index in [0.29, 0.717) is 6.04 Å². The summed E-state index contributed by atoms with van der Waals surface area (Å²) in [5.41, 5.74) is 3.35. The highest BCUT2D eigenvalue weighted by Crippen LogP contribution is 2.19. The van der Waals surface area contributed by atoms with Crippen molar-refractivity contribution in [2.45, 2.75) is 71.3 Å². The Balaban J connectivity index is 1.91. The van der Waals surface area contributed by atoms with Crippen LogP contribution >= 0.6 is 0 Å². The van der Waals surface area contributed by atoms with Crippen LogP contribution in [0.1, 0.15) is 76.3 Å². The van der Waals surface area contributed by atoms with E-state index >= 15 is 0 Å². The van der Waals surface area contributed by atoms with E-state index in [4.69, 9.17) is 0 Å². The maximum atomic E-state index is 10.7. The van der Waals surface area contributed by atoms with E-state index in [1.165, 1.54) is 69.2 Å². The minimum Gasteiger partial charge on any atom is -0.382 e. The number of anilines is 1. The normalized spacial score (nSPS) is 12.2. The SMILES string of the molecule is CCCCCCC(CCCC)Nc1ccc(/C=C/c2ccc([N+](=O)[O-])cc2)cc1. The molecule has 0 amide bonds. The Morgan fingerprint density at radius 1 is 0.828 bits per heavy atom. The van der Waals surface area contributed by atoms with E-state index in [9.17, 15) is 10.1 Å². The zero-order valence-electron chi connectivity index (χ0n) is 17.8. The van der Waals surface area contributed by atoms with E-state index in [-0.39, 0.29) is 10.6 Å². The molecule has 2 aromatic carbocycles. The molecule has 0 saturated heterocycles. The highest BCUT2D eigenvalue weighted by Gasteiger charge is 2.08. The number of nitro benzene ring substituents is 1. The predicted octanol–water partition coefficient (Wildman–Crippen LogP) is 7.71. The van der Waals surface area contributed by atoms with Crippen molar-refractivity contribution in [1.82, 2.24) is 0 Å². The lowest BCUT2D eigenvalue weighted by molar-refractivity contribution is -0.384. The van der Waals surface area contributed by atoms with Gasteiger partial charge in [-0.05, 0) is 48.2 Å². The van der Waals surface area contributed by atoms with Gasteiger partial charge in [0.2, 0.25) is 0 Å². The van der Waals surface area contributed by atoms with Crippen molar-refractivity contribution >= 4 is 23.5 Å². The molecule has 4 nitrogen and oxygen atoms in total. The van der Waals surface area contributed by atoms with Crippen LogP contribution in [0.15, 0.2) is 48.5 Å². The molecule has 0 fully saturated rings. The number of hydrogen-bond acceptors (Lipinski definition) is 3. The second-order valence-corrected chi connectivity index (χ2v) is 7.64. The van der Waals surface area contributed by atoms with Gasteiger partial charge in [0.15, 0.2) is 0 Å². The highest BCUT2D eigenvalue weighted by molar-refractivity contribution is 5.70. The van der Waals surface area contributed by atoms with Gasteiger partial charge >= 0.3 is 0 Å². The maximum Gasteiger partial charge on any atom is 0.269 e. The minimum absolute atomic E-state index is 0.116. The van der Waals surface area contributed by atoms with Gasteiger partial charge in [-0.25, -0.2) is 0 Å². The molecule has 0 aromatic heterocycles. The number of nitrogens with zero attached hydrogens (tertiary/aromatic N) is 1. The number of non-ortho nitro benzene ring substituents is 1. The van der Waals surface area contributed by atoms with E-state index in [1.54, 1.807) is 12.1 Å². The Morgan fingerprint density at radius 2 is 1.38 bits per heavy atom. The monoisotopic (exact) mass is 394 g/mol. The lowest BCUT2D eigenvalue weighted by atomic mass is 10.0. The number of unbranched alkanes of at least 4 members (excludes halogenated alkanes) is 4. The first-order valence-corrected chi connectivity index (χ1v) is 10.9. The first-order chi connectivity index (χ1) is 14.1. The molecule has 0 spiro atoms. The Morgan fingerprint density at radius 3 is 1.93 bits per heavy atom. The topological polar surface area (TPSA) is 55.2 Å². The highest BCUT2D eigenvalue weighted by atomic mass is 16.6. The van der Waals surface area contributed by atoms with Crippen molar-refractivity contribution in [2.75, 3.05) is 5.32 Å². The lowest BCUT2D eigenvalue weighted by Gasteiger charge is -2.20. The Hall–Kier alpha value is -2.62. The van der Waals surface area contributed by atoms with Crippen LogP contribution in [0.3, 0.4) is 0 Å². The summed E-state index contributed by atoms with van der Waals surface area (Å²) >= 11 is 0. The molecule has 2 aromatic rings. The van der Waals surface area contributed by atoms with Crippen LogP contribution in [0.25, 0.3) is 12.2 Å². The van der Waals surface area contributed by atoms with Crippen LogP contribution in [0.4, 0.5) is 11.4 Å². The van der Waals surface area contributed by atoms with Crippen LogP contribution in [0.5, 0.6) is 0 Å². The van der Waals surface area contributed by atoms with Crippen molar-refractivity contribution in [1.29, 1.82) is 0 Å². The minimum atomic E-state index is -0.378. The third kappa shape index (κ3) is 8.51. The summed E-state index contributed by atoms with van der Waals surface area (Å²) in [6.45, 7) is 4.50. The van der Waals surface area contributed by atoms with Crippen LogP contribution in [0.2, 0.25) is 0 Å². The Labute approximate surface area is 175 Å². The quantitative estimate of drug-likeness (QED) is 0.164. The molecule has 1 N–H and O–H groups in total. The molecule has 156 valence electrons. The van der Waals surface area contributed by atoms with Crippen LogP contribution < -0.4 is 5.32 Å². The fourth-order valence-electron chi connectivity index (χ4n) is 3.38. The maximum absolute atomic E-state index is 10.7.